The van der Waals surface area contributed by atoms with Crippen molar-refractivity contribution >= 4 is 17.3 Å². The Morgan fingerprint density at radius 3 is 1.05 bits per heavy atom. The lowest BCUT2D eigenvalue weighted by Gasteiger charge is -2.28. The van der Waals surface area contributed by atoms with Crippen LogP contribution in [0.3, 0.4) is 0 Å². The summed E-state index contributed by atoms with van der Waals surface area (Å²) < 4.78 is 0. The van der Waals surface area contributed by atoms with Gasteiger partial charge in [-0.2, -0.15) is 0 Å². The highest BCUT2D eigenvalue weighted by Gasteiger charge is 2.27. The van der Waals surface area contributed by atoms with Crippen LogP contribution >= 0.6 is 0 Å². The molecule has 0 spiro atoms. The van der Waals surface area contributed by atoms with Gasteiger partial charge in [-0.05, 0) is 146 Å². The van der Waals surface area contributed by atoms with Gasteiger partial charge >= 0.3 is 0 Å². The van der Waals surface area contributed by atoms with Crippen molar-refractivity contribution in [2.45, 2.75) is 154 Å². The molecule has 0 amide bonds. The lowest BCUT2D eigenvalue weighted by atomic mass is 9.76. The molecule has 0 aliphatic heterocycles. The van der Waals surface area contributed by atoms with Crippen LogP contribution < -0.4 is 0 Å². The molecular weight excluding hydrogens is 685 g/mol. The zero-order valence-electron chi connectivity index (χ0n) is 34.4. The molecule has 2 aliphatic rings. The predicted molar refractivity (Wildman–Crippen MR) is 233 cm³/mol. The molecule has 3 nitrogen and oxygen atoms in total. The summed E-state index contributed by atoms with van der Waals surface area (Å²) in [6, 6.07) is 35.9. The van der Waals surface area contributed by atoms with Gasteiger partial charge in [0.2, 0.25) is 0 Å². The second kappa shape index (κ2) is 21.4. The van der Waals surface area contributed by atoms with Crippen molar-refractivity contribution in [3.05, 3.63) is 119 Å². The Bertz CT molecular complexity index is 1670. The van der Waals surface area contributed by atoms with Crippen LogP contribution in [0.2, 0.25) is 0 Å². The zero-order chi connectivity index (χ0) is 39.1. The van der Waals surface area contributed by atoms with Crippen LogP contribution in [0, 0.1) is 11.8 Å². The molecule has 0 atom stereocenters. The Morgan fingerprint density at radius 1 is 0.411 bits per heavy atom. The second-order valence-corrected chi connectivity index (χ2v) is 17.1. The van der Waals surface area contributed by atoms with Crippen molar-refractivity contribution in [2.24, 2.45) is 11.8 Å². The number of carbonyl (C=O) groups excluding carboxylic acids is 3. The van der Waals surface area contributed by atoms with Gasteiger partial charge < -0.3 is 0 Å². The molecule has 3 heteroatoms. The monoisotopic (exact) mass is 751 g/mol. The number of hydrogen-bond acceptors (Lipinski definition) is 3. The Kier molecular flexibility index (Phi) is 15.9. The number of carbonyl (C=O) groups is 3. The molecule has 0 unspecified atom stereocenters. The van der Waals surface area contributed by atoms with Crippen molar-refractivity contribution in [2.75, 3.05) is 0 Å². The largest absolute Gasteiger partial charge is 0.300 e. The Morgan fingerprint density at radius 2 is 0.732 bits per heavy atom. The average Bonchev–Trinajstić information content (AvgIpc) is 3.25. The molecule has 296 valence electrons. The molecule has 0 N–H and O–H groups in total. The third kappa shape index (κ3) is 12.0. The summed E-state index contributed by atoms with van der Waals surface area (Å²) in [4.78, 5) is 37.7. The van der Waals surface area contributed by atoms with E-state index in [1.54, 1.807) is 0 Å². The molecule has 0 bridgehead atoms. The highest BCUT2D eigenvalue weighted by Crippen LogP contribution is 2.39. The fourth-order valence-corrected chi connectivity index (χ4v) is 9.34. The minimum atomic E-state index is 0.288. The maximum Gasteiger partial charge on any atom is 0.135 e. The first-order valence-corrected chi connectivity index (χ1v) is 22.4. The molecule has 6 rings (SSSR count). The minimum Gasteiger partial charge on any atom is -0.300 e. The molecule has 0 radical (unpaired) electrons. The Hall–Kier alpha value is -4.11. The average molecular weight is 751 g/mol. The summed E-state index contributed by atoms with van der Waals surface area (Å²) >= 11 is 0. The third-order valence-electron chi connectivity index (χ3n) is 13.1. The van der Waals surface area contributed by atoms with E-state index < -0.39 is 0 Å². The number of Topliss-reactive ketones (excluding diaryl/α,β-unsaturated/α-hetero) is 3. The van der Waals surface area contributed by atoms with Gasteiger partial charge in [0.1, 0.15) is 17.3 Å². The fraction of sp³-hybridized carbons (Fsp3) is 0.491. The van der Waals surface area contributed by atoms with Crippen molar-refractivity contribution in [3.63, 3.8) is 0 Å². The number of unbranched alkanes of at least 4 members (excludes halogenated alkanes) is 2. The number of rotatable bonds is 20. The third-order valence-corrected chi connectivity index (χ3v) is 13.1. The molecule has 2 aliphatic carbocycles. The zero-order valence-corrected chi connectivity index (χ0v) is 34.4. The van der Waals surface area contributed by atoms with Crippen LogP contribution in [0.5, 0.6) is 0 Å². The Balaban J connectivity index is 0.860. The van der Waals surface area contributed by atoms with E-state index in [-0.39, 0.29) is 11.8 Å². The molecule has 0 aromatic heterocycles. The minimum absolute atomic E-state index is 0.288. The first-order chi connectivity index (χ1) is 27.4. The Labute approximate surface area is 338 Å². The van der Waals surface area contributed by atoms with Gasteiger partial charge in [-0.1, -0.05) is 124 Å². The lowest BCUT2D eigenvalue weighted by molar-refractivity contribution is -0.124. The fourth-order valence-electron chi connectivity index (χ4n) is 9.34. The molecule has 0 saturated heterocycles. The van der Waals surface area contributed by atoms with E-state index in [4.69, 9.17) is 0 Å². The summed E-state index contributed by atoms with van der Waals surface area (Å²) in [6.45, 7) is 4.31. The van der Waals surface area contributed by atoms with Gasteiger partial charge in [0.15, 0.2) is 0 Å². The SMILES string of the molecule is CCCCC(=O)C1CCC(c2ccc(-c3ccc(CCCC(=O)CCCc4ccc(-c5ccc(C6CCC(C(=O)CCCC)CC6)cc5)cc4)cc3)cc2)CC1. The highest BCUT2D eigenvalue weighted by molar-refractivity contribution is 5.81. The van der Waals surface area contributed by atoms with Gasteiger partial charge in [0.05, 0.1) is 0 Å². The van der Waals surface area contributed by atoms with E-state index in [2.05, 4.69) is 111 Å². The van der Waals surface area contributed by atoms with E-state index in [0.29, 0.717) is 42.0 Å². The quantitative estimate of drug-likeness (QED) is 0.0904. The van der Waals surface area contributed by atoms with Gasteiger partial charge in [-0.15, -0.1) is 0 Å². The molecule has 2 fully saturated rings. The topological polar surface area (TPSA) is 51.2 Å². The molecule has 4 aromatic carbocycles. The molecule has 4 aromatic rings. The maximum absolute atomic E-state index is 12.7. The lowest BCUT2D eigenvalue weighted by Crippen LogP contribution is -2.21. The molecule has 56 heavy (non-hydrogen) atoms. The molecular formula is C53H66O3. The van der Waals surface area contributed by atoms with Gasteiger partial charge in [-0.25, -0.2) is 0 Å². The van der Waals surface area contributed by atoms with Crippen LogP contribution in [0.15, 0.2) is 97.1 Å². The summed E-state index contributed by atoms with van der Waals surface area (Å²) in [5, 5.41) is 0. The smallest absolute Gasteiger partial charge is 0.135 e. The van der Waals surface area contributed by atoms with Crippen LogP contribution in [0.1, 0.15) is 164 Å². The van der Waals surface area contributed by atoms with Crippen molar-refractivity contribution < 1.29 is 14.4 Å². The van der Waals surface area contributed by atoms with E-state index in [1.807, 2.05) is 0 Å². The number of ketones is 3. The van der Waals surface area contributed by atoms with E-state index in [9.17, 15) is 14.4 Å². The molecule has 2 saturated carbocycles. The molecule has 0 heterocycles. The van der Waals surface area contributed by atoms with Gasteiger partial charge in [0.25, 0.3) is 0 Å². The number of aryl methyl sites for hydroxylation is 2. The second-order valence-electron chi connectivity index (χ2n) is 17.1. The van der Waals surface area contributed by atoms with E-state index in [1.165, 1.54) is 44.5 Å². The summed E-state index contributed by atoms with van der Waals surface area (Å²) in [6.07, 6.45) is 19.4. The van der Waals surface area contributed by atoms with Crippen LogP contribution in [0.25, 0.3) is 22.3 Å². The number of benzene rings is 4. The van der Waals surface area contributed by atoms with Crippen molar-refractivity contribution in [1.82, 2.24) is 0 Å². The van der Waals surface area contributed by atoms with E-state index in [0.717, 1.165) is 116 Å². The standard InChI is InChI=1S/C53H66O3/c1-3-5-13-52(55)49-35-31-47(32-36-49)45-27-23-43(24-28-45)41-19-15-39(16-20-41)9-7-11-51(54)12-8-10-40-17-21-42(22-18-40)44-25-29-46(30-26-44)48-33-37-50(38-34-48)53(56)14-6-4-2/h15-30,47-50H,3-14,31-38H2,1-2H3. The normalized spacial score (nSPS) is 19.8. The van der Waals surface area contributed by atoms with Crippen molar-refractivity contribution in [3.8, 4) is 22.3 Å². The predicted octanol–water partition coefficient (Wildman–Crippen LogP) is 14.0. The summed E-state index contributed by atoms with van der Waals surface area (Å²) in [5.41, 5.74) is 10.3. The first-order valence-electron chi connectivity index (χ1n) is 22.4. The van der Waals surface area contributed by atoms with Crippen LogP contribution in [0.4, 0.5) is 0 Å². The number of hydrogen-bond donors (Lipinski definition) is 0. The van der Waals surface area contributed by atoms with E-state index >= 15 is 0 Å². The van der Waals surface area contributed by atoms with Crippen molar-refractivity contribution in [1.29, 1.82) is 0 Å². The van der Waals surface area contributed by atoms with Crippen LogP contribution in [-0.4, -0.2) is 17.3 Å². The highest BCUT2D eigenvalue weighted by atomic mass is 16.1. The first kappa shape index (κ1) is 41.5. The summed E-state index contributed by atoms with van der Waals surface area (Å²) in [7, 11) is 0. The van der Waals surface area contributed by atoms with Gasteiger partial charge in [0, 0.05) is 37.5 Å². The summed E-state index contributed by atoms with van der Waals surface area (Å²) in [5.74, 6) is 3.07. The van der Waals surface area contributed by atoms with Crippen LogP contribution in [-0.2, 0) is 27.2 Å². The van der Waals surface area contributed by atoms with Gasteiger partial charge in [-0.3, -0.25) is 14.4 Å². The maximum atomic E-state index is 12.7.